The molecule has 0 bridgehead atoms. The molecule has 3 heteroatoms. The van der Waals surface area contributed by atoms with Crippen LogP contribution < -0.4 is 0 Å². The van der Waals surface area contributed by atoms with Crippen molar-refractivity contribution in [3.05, 3.63) is 62.8 Å². The topological polar surface area (TPSA) is 4.93 Å². The van der Waals surface area contributed by atoms with E-state index < -0.39 is 0 Å². The van der Waals surface area contributed by atoms with E-state index in [0.717, 1.165) is 0 Å². The van der Waals surface area contributed by atoms with Crippen LogP contribution in [0.2, 0.25) is 0 Å². The summed E-state index contributed by atoms with van der Waals surface area (Å²) in [6, 6.07) is 17.7. The zero-order valence-electron chi connectivity index (χ0n) is 12.4. The third-order valence-corrected chi connectivity index (χ3v) is 6.81. The Morgan fingerprint density at radius 3 is 2.64 bits per heavy atom. The molecule has 0 fully saturated rings. The van der Waals surface area contributed by atoms with Gasteiger partial charge in [-0.2, -0.15) is 0 Å². The Morgan fingerprint density at radius 2 is 1.77 bits per heavy atom. The van der Waals surface area contributed by atoms with Crippen LogP contribution in [-0.4, -0.2) is 4.57 Å². The first-order valence-electron chi connectivity index (χ1n) is 7.42. The van der Waals surface area contributed by atoms with Crippen molar-refractivity contribution < 1.29 is 0 Å². The number of fused-ring (bicyclic) bond motifs is 5. The second kappa shape index (κ2) is 4.03. The fourth-order valence-electron chi connectivity index (χ4n) is 3.86. The average molecular weight is 368 g/mol. The summed E-state index contributed by atoms with van der Waals surface area (Å²) in [7, 11) is 0. The van der Waals surface area contributed by atoms with E-state index in [2.05, 4.69) is 82.9 Å². The summed E-state index contributed by atoms with van der Waals surface area (Å²) >= 11 is 5.55. The third kappa shape index (κ3) is 1.39. The zero-order valence-corrected chi connectivity index (χ0v) is 14.8. The van der Waals surface area contributed by atoms with E-state index in [1.807, 2.05) is 11.3 Å². The van der Waals surface area contributed by atoms with Gasteiger partial charge < -0.3 is 4.57 Å². The number of thiophene rings is 1. The number of para-hydroxylation sites is 2. The van der Waals surface area contributed by atoms with Crippen molar-refractivity contribution in [2.75, 3.05) is 0 Å². The molecule has 2 aromatic heterocycles. The van der Waals surface area contributed by atoms with Gasteiger partial charge in [0, 0.05) is 21.1 Å². The highest BCUT2D eigenvalue weighted by Crippen LogP contribution is 2.50. The van der Waals surface area contributed by atoms with E-state index in [4.69, 9.17) is 0 Å². The monoisotopic (exact) mass is 367 g/mol. The summed E-state index contributed by atoms with van der Waals surface area (Å²) in [6.45, 7) is 4.68. The van der Waals surface area contributed by atoms with Crippen LogP contribution in [0.1, 0.15) is 24.3 Å². The van der Waals surface area contributed by atoms with Crippen LogP contribution in [0.3, 0.4) is 0 Å². The number of benzene rings is 2. The lowest BCUT2D eigenvalue weighted by atomic mass is 9.79. The van der Waals surface area contributed by atoms with Gasteiger partial charge in [-0.1, -0.05) is 50.2 Å². The zero-order chi connectivity index (χ0) is 15.1. The Balaban J connectivity index is 2.14. The predicted molar refractivity (Wildman–Crippen MR) is 98.5 cm³/mol. The second-order valence-corrected chi connectivity index (χ2v) is 8.88. The minimum atomic E-state index is 0.0376. The van der Waals surface area contributed by atoms with Crippen LogP contribution in [0.5, 0.6) is 0 Å². The largest absolute Gasteiger partial charge is 0.308 e. The molecule has 0 saturated carbocycles. The molecule has 2 aromatic carbocycles. The molecular formula is C19H14BrNS. The molecule has 108 valence electrons. The molecule has 0 spiro atoms. The van der Waals surface area contributed by atoms with Crippen LogP contribution in [-0.2, 0) is 5.41 Å². The molecule has 5 rings (SSSR count). The smallest absolute Gasteiger partial charge is 0.0723 e. The second-order valence-electron chi connectivity index (χ2n) is 6.44. The molecule has 0 unspecified atom stereocenters. The van der Waals surface area contributed by atoms with Crippen LogP contribution in [0.25, 0.3) is 27.5 Å². The fourth-order valence-corrected chi connectivity index (χ4v) is 5.55. The lowest BCUT2D eigenvalue weighted by molar-refractivity contribution is 0.646. The molecule has 0 atom stereocenters. The highest BCUT2D eigenvalue weighted by atomic mass is 79.9. The molecule has 4 aromatic rings. The van der Waals surface area contributed by atoms with Crippen molar-refractivity contribution >= 4 is 49.1 Å². The normalized spacial score (nSPS) is 15.4. The summed E-state index contributed by atoms with van der Waals surface area (Å²) in [4.78, 5) is 1.43. The van der Waals surface area contributed by atoms with Crippen LogP contribution in [0.4, 0.5) is 0 Å². The number of aromatic nitrogens is 1. The minimum absolute atomic E-state index is 0.0376. The summed E-state index contributed by atoms with van der Waals surface area (Å²) in [5.74, 6) is 0. The quantitative estimate of drug-likeness (QED) is 0.346. The lowest BCUT2D eigenvalue weighted by Crippen LogP contribution is -2.24. The van der Waals surface area contributed by atoms with E-state index in [9.17, 15) is 0 Å². The van der Waals surface area contributed by atoms with Gasteiger partial charge in [-0.15, -0.1) is 11.3 Å². The van der Waals surface area contributed by atoms with Gasteiger partial charge in [0.05, 0.1) is 20.5 Å². The standard InChI is InChI=1S/C19H14BrNS/c1-19(2)13-8-5-7-12-11-6-3-4-9-14(11)21(17(12)13)15-10-16(20)22-18(15)19/h3-10H,1-2H3. The molecule has 1 aliphatic rings. The predicted octanol–water partition coefficient (Wildman–Crippen LogP) is 6.25. The summed E-state index contributed by atoms with van der Waals surface area (Å²) in [5.41, 5.74) is 5.45. The maximum absolute atomic E-state index is 3.69. The van der Waals surface area contributed by atoms with Gasteiger partial charge in [0.1, 0.15) is 0 Å². The van der Waals surface area contributed by atoms with Gasteiger partial charge in [-0.3, -0.25) is 0 Å². The average Bonchev–Trinajstić information content (AvgIpc) is 3.04. The molecule has 1 nitrogen and oxygen atoms in total. The molecule has 0 saturated heterocycles. The number of rotatable bonds is 0. The Morgan fingerprint density at radius 1 is 1.00 bits per heavy atom. The Labute approximate surface area is 141 Å². The molecule has 0 aliphatic carbocycles. The highest BCUT2D eigenvalue weighted by Gasteiger charge is 2.36. The fraction of sp³-hybridized carbons (Fsp3) is 0.158. The first kappa shape index (κ1) is 12.9. The summed E-state index contributed by atoms with van der Waals surface area (Å²) in [5, 5.41) is 2.69. The SMILES string of the molecule is CC1(C)c2sc(Br)cc2-n2c3ccccc3c3cccc1c32. The van der Waals surface area contributed by atoms with Gasteiger partial charge in [0.25, 0.3) is 0 Å². The van der Waals surface area contributed by atoms with E-state index in [0.29, 0.717) is 0 Å². The van der Waals surface area contributed by atoms with Gasteiger partial charge >= 0.3 is 0 Å². The molecule has 1 aliphatic heterocycles. The molecule has 22 heavy (non-hydrogen) atoms. The van der Waals surface area contributed by atoms with E-state index in [-0.39, 0.29) is 5.41 Å². The molecule has 0 N–H and O–H groups in total. The van der Waals surface area contributed by atoms with Crippen molar-refractivity contribution in [3.63, 3.8) is 0 Å². The van der Waals surface area contributed by atoms with Crippen LogP contribution in [0, 0.1) is 0 Å². The van der Waals surface area contributed by atoms with Crippen molar-refractivity contribution in [1.29, 1.82) is 0 Å². The highest BCUT2D eigenvalue weighted by molar-refractivity contribution is 9.11. The van der Waals surface area contributed by atoms with Crippen molar-refractivity contribution in [2.45, 2.75) is 19.3 Å². The van der Waals surface area contributed by atoms with Crippen LogP contribution >= 0.6 is 27.3 Å². The molecular weight excluding hydrogens is 354 g/mol. The van der Waals surface area contributed by atoms with Gasteiger partial charge in [-0.05, 0) is 33.6 Å². The number of hydrogen-bond acceptors (Lipinski definition) is 1. The Kier molecular flexibility index (Phi) is 2.37. The van der Waals surface area contributed by atoms with Crippen molar-refractivity contribution in [1.82, 2.24) is 4.57 Å². The van der Waals surface area contributed by atoms with Crippen molar-refractivity contribution in [2.24, 2.45) is 0 Å². The van der Waals surface area contributed by atoms with Gasteiger partial charge in [-0.25, -0.2) is 0 Å². The van der Waals surface area contributed by atoms with Crippen molar-refractivity contribution in [3.8, 4) is 5.69 Å². The Hall–Kier alpha value is -1.58. The minimum Gasteiger partial charge on any atom is -0.308 e. The van der Waals surface area contributed by atoms with E-state index >= 15 is 0 Å². The molecule has 0 radical (unpaired) electrons. The van der Waals surface area contributed by atoms with Gasteiger partial charge in [0.2, 0.25) is 0 Å². The molecule has 0 amide bonds. The number of halogens is 1. The maximum atomic E-state index is 3.69. The number of nitrogens with zero attached hydrogens (tertiary/aromatic N) is 1. The lowest BCUT2D eigenvalue weighted by Gasteiger charge is -2.32. The van der Waals surface area contributed by atoms with E-state index in [1.54, 1.807) is 0 Å². The Bertz CT molecular complexity index is 1070. The van der Waals surface area contributed by atoms with E-state index in [1.165, 1.54) is 41.7 Å². The van der Waals surface area contributed by atoms with Gasteiger partial charge in [0.15, 0.2) is 0 Å². The summed E-state index contributed by atoms with van der Waals surface area (Å²) in [6.07, 6.45) is 0. The first-order valence-corrected chi connectivity index (χ1v) is 9.03. The first-order chi connectivity index (χ1) is 10.6. The summed E-state index contributed by atoms with van der Waals surface area (Å²) < 4.78 is 3.64. The van der Waals surface area contributed by atoms with Crippen LogP contribution in [0.15, 0.2) is 52.3 Å². The maximum Gasteiger partial charge on any atom is 0.0723 e. The third-order valence-electron chi connectivity index (χ3n) is 4.86. The number of hydrogen-bond donors (Lipinski definition) is 0. The molecule has 3 heterocycles.